The van der Waals surface area contributed by atoms with Gasteiger partial charge in [-0.1, -0.05) is 13.8 Å². The molecule has 2 heterocycles. The minimum absolute atomic E-state index is 0.0714. The van der Waals surface area contributed by atoms with E-state index in [1.54, 1.807) is 56.6 Å². The summed E-state index contributed by atoms with van der Waals surface area (Å²) in [6.07, 6.45) is 3.86. The number of benzene rings is 1. The molecule has 0 saturated heterocycles. The third-order valence-electron chi connectivity index (χ3n) is 6.32. The number of nitrogens with zero attached hydrogens (tertiary/aromatic N) is 3. The normalized spacial score (nSPS) is 22.2. The molecule has 1 N–H and O–H groups in total. The third kappa shape index (κ3) is 6.55. The first-order chi connectivity index (χ1) is 16.3. The van der Waals surface area contributed by atoms with E-state index in [1.807, 2.05) is 12.1 Å². The highest BCUT2D eigenvalue weighted by Crippen LogP contribution is 2.27. The van der Waals surface area contributed by atoms with Crippen LogP contribution in [0.15, 0.2) is 42.7 Å². The van der Waals surface area contributed by atoms with E-state index >= 15 is 0 Å². The van der Waals surface area contributed by atoms with Crippen LogP contribution in [0.4, 0.5) is 5.69 Å². The number of amides is 2. The zero-order valence-electron chi connectivity index (χ0n) is 20.8. The summed E-state index contributed by atoms with van der Waals surface area (Å²) in [5.41, 5.74) is 2.25. The van der Waals surface area contributed by atoms with E-state index in [2.05, 4.69) is 29.0 Å². The van der Waals surface area contributed by atoms with Gasteiger partial charge in [-0.25, -0.2) is 0 Å². The van der Waals surface area contributed by atoms with Gasteiger partial charge in [0.25, 0.3) is 5.91 Å². The molecule has 0 saturated carbocycles. The number of aromatic nitrogens is 1. The first-order valence-electron chi connectivity index (χ1n) is 11.8. The molecule has 0 fully saturated rings. The minimum atomic E-state index is -0.139. The van der Waals surface area contributed by atoms with E-state index in [1.165, 1.54) is 5.56 Å². The van der Waals surface area contributed by atoms with Crippen molar-refractivity contribution in [2.24, 2.45) is 5.92 Å². The summed E-state index contributed by atoms with van der Waals surface area (Å²) >= 11 is 0. The Kier molecular flexibility index (Phi) is 9.01. The van der Waals surface area contributed by atoms with Gasteiger partial charge in [-0.3, -0.25) is 19.5 Å². The van der Waals surface area contributed by atoms with E-state index < -0.39 is 0 Å². The Bertz CT molecular complexity index is 969. The smallest absolute Gasteiger partial charge is 0.257 e. The molecule has 0 spiro atoms. The zero-order valence-corrected chi connectivity index (χ0v) is 20.8. The Hall–Kier alpha value is -2.97. The van der Waals surface area contributed by atoms with E-state index in [9.17, 15) is 9.59 Å². The second-order valence-electron chi connectivity index (χ2n) is 8.99. The SMILES string of the molecule is CCC(=O)Nc1ccc2c(c1)OC[C@@H](C)N(Cc1ccncc1)C[C@H](C)[C@@H](OC)CN(C)C2=O. The number of hydrogen-bond donors (Lipinski definition) is 1. The van der Waals surface area contributed by atoms with Crippen LogP contribution >= 0.6 is 0 Å². The number of carbonyl (C=O) groups excluding carboxylic acids is 2. The Morgan fingerprint density at radius 1 is 1.21 bits per heavy atom. The Morgan fingerprint density at radius 2 is 1.94 bits per heavy atom. The highest BCUT2D eigenvalue weighted by atomic mass is 16.5. The van der Waals surface area contributed by atoms with E-state index in [0.717, 1.165) is 13.1 Å². The number of likely N-dealkylation sites (N-methyl/N-ethyl adjacent to an activating group) is 1. The van der Waals surface area contributed by atoms with Gasteiger partial charge >= 0.3 is 0 Å². The average Bonchev–Trinajstić information content (AvgIpc) is 2.84. The lowest BCUT2D eigenvalue weighted by Gasteiger charge is -2.36. The fourth-order valence-electron chi connectivity index (χ4n) is 4.12. The Morgan fingerprint density at radius 3 is 2.62 bits per heavy atom. The molecular formula is C26H36N4O4. The zero-order chi connectivity index (χ0) is 24.7. The quantitative estimate of drug-likeness (QED) is 0.724. The molecule has 2 amide bonds. The minimum Gasteiger partial charge on any atom is -0.491 e. The predicted molar refractivity (Wildman–Crippen MR) is 132 cm³/mol. The molecule has 184 valence electrons. The first kappa shape index (κ1) is 25.6. The number of ether oxygens (including phenoxy) is 2. The molecule has 34 heavy (non-hydrogen) atoms. The molecule has 2 aromatic rings. The second-order valence-corrected chi connectivity index (χ2v) is 8.99. The van der Waals surface area contributed by atoms with Crippen LogP contribution in [0.1, 0.15) is 43.1 Å². The number of anilines is 1. The summed E-state index contributed by atoms with van der Waals surface area (Å²) in [6.45, 7) is 8.46. The molecule has 0 aliphatic carbocycles. The molecular weight excluding hydrogens is 432 g/mol. The molecule has 1 aliphatic heterocycles. The fraction of sp³-hybridized carbons (Fsp3) is 0.500. The molecule has 0 bridgehead atoms. The van der Waals surface area contributed by atoms with Crippen molar-refractivity contribution in [1.29, 1.82) is 0 Å². The monoisotopic (exact) mass is 468 g/mol. The number of pyridine rings is 1. The van der Waals surface area contributed by atoms with Gasteiger partial charge in [0, 0.05) is 70.4 Å². The van der Waals surface area contributed by atoms with Crippen LogP contribution in [-0.4, -0.2) is 72.6 Å². The second kappa shape index (κ2) is 11.9. The van der Waals surface area contributed by atoms with Gasteiger partial charge in [0.05, 0.1) is 11.7 Å². The van der Waals surface area contributed by atoms with E-state index in [4.69, 9.17) is 9.47 Å². The summed E-state index contributed by atoms with van der Waals surface area (Å²) in [6, 6.07) is 9.30. The number of carbonyl (C=O) groups is 2. The molecule has 1 aromatic carbocycles. The molecule has 1 aliphatic rings. The highest BCUT2D eigenvalue weighted by Gasteiger charge is 2.28. The average molecular weight is 469 g/mol. The maximum atomic E-state index is 13.3. The lowest BCUT2D eigenvalue weighted by atomic mass is 10.0. The highest BCUT2D eigenvalue weighted by molar-refractivity contribution is 5.98. The van der Waals surface area contributed by atoms with Crippen LogP contribution in [0.3, 0.4) is 0 Å². The number of methoxy groups -OCH3 is 1. The van der Waals surface area contributed by atoms with Gasteiger partial charge in [0.1, 0.15) is 12.4 Å². The van der Waals surface area contributed by atoms with Gasteiger partial charge in [0.2, 0.25) is 5.91 Å². The van der Waals surface area contributed by atoms with Gasteiger partial charge < -0.3 is 19.7 Å². The number of fused-ring (bicyclic) bond motifs is 1. The lowest BCUT2D eigenvalue weighted by molar-refractivity contribution is -0.115. The molecule has 0 radical (unpaired) electrons. The molecule has 3 rings (SSSR count). The lowest BCUT2D eigenvalue weighted by Crippen LogP contribution is -2.46. The molecule has 1 aromatic heterocycles. The van der Waals surface area contributed by atoms with Crippen molar-refractivity contribution < 1.29 is 19.1 Å². The molecule has 8 nitrogen and oxygen atoms in total. The third-order valence-corrected chi connectivity index (χ3v) is 6.32. The van der Waals surface area contributed by atoms with Crippen LogP contribution in [0, 0.1) is 5.92 Å². The van der Waals surface area contributed by atoms with Crippen molar-refractivity contribution in [3.05, 3.63) is 53.9 Å². The van der Waals surface area contributed by atoms with Gasteiger partial charge in [-0.2, -0.15) is 0 Å². The van der Waals surface area contributed by atoms with Crippen molar-refractivity contribution in [1.82, 2.24) is 14.8 Å². The maximum absolute atomic E-state index is 13.3. The van der Waals surface area contributed by atoms with Crippen LogP contribution in [0.2, 0.25) is 0 Å². The maximum Gasteiger partial charge on any atom is 0.257 e. The molecule has 0 unspecified atom stereocenters. The van der Waals surface area contributed by atoms with Crippen molar-refractivity contribution in [2.45, 2.75) is 45.9 Å². The van der Waals surface area contributed by atoms with Crippen LogP contribution in [-0.2, 0) is 16.1 Å². The first-order valence-corrected chi connectivity index (χ1v) is 11.8. The fourth-order valence-corrected chi connectivity index (χ4v) is 4.12. The summed E-state index contributed by atoms with van der Waals surface area (Å²) in [7, 11) is 3.47. The summed E-state index contributed by atoms with van der Waals surface area (Å²) in [5.74, 6) is 0.420. The van der Waals surface area contributed by atoms with E-state index in [-0.39, 0.29) is 29.9 Å². The number of hydrogen-bond acceptors (Lipinski definition) is 6. The standard InChI is InChI=1S/C26H36N4O4/c1-6-25(31)28-21-7-8-22-23(13-21)34-17-19(3)30(15-20-9-11-27-12-10-20)14-18(2)24(33-5)16-29(4)26(22)32/h7-13,18-19,24H,6,14-17H2,1-5H3,(H,28,31)/t18-,19+,24-/m0/s1. The topological polar surface area (TPSA) is 84.0 Å². The van der Waals surface area contributed by atoms with Crippen molar-refractivity contribution >= 4 is 17.5 Å². The van der Waals surface area contributed by atoms with Crippen LogP contribution < -0.4 is 10.1 Å². The van der Waals surface area contributed by atoms with Gasteiger partial charge in [-0.05, 0) is 42.7 Å². The summed E-state index contributed by atoms with van der Waals surface area (Å²) < 4.78 is 12.0. The van der Waals surface area contributed by atoms with Crippen molar-refractivity contribution in [3.63, 3.8) is 0 Å². The number of rotatable bonds is 5. The van der Waals surface area contributed by atoms with Crippen molar-refractivity contribution in [3.8, 4) is 5.75 Å². The van der Waals surface area contributed by atoms with Gasteiger partial charge in [0.15, 0.2) is 0 Å². The largest absolute Gasteiger partial charge is 0.491 e. The Balaban J connectivity index is 1.94. The summed E-state index contributed by atoms with van der Waals surface area (Å²) in [5, 5.41) is 2.85. The van der Waals surface area contributed by atoms with Gasteiger partial charge in [-0.15, -0.1) is 0 Å². The van der Waals surface area contributed by atoms with Crippen LogP contribution in [0.5, 0.6) is 5.75 Å². The van der Waals surface area contributed by atoms with Crippen LogP contribution in [0.25, 0.3) is 0 Å². The Labute approximate surface area is 202 Å². The van der Waals surface area contributed by atoms with Crippen molar-refractivity contribution in [2.75, 3.05) is 39.2 Å². The van der Waals surface area contributed by atoms with E-state index in [0.29, 0.717) is 36.6 Å². The molecule has 8 heteroatoms. The molecule has 3 atom stereocenters. The summed E-state index contributed by atoms with van der Waals surface area (Å²) in [4.78, 5) is 33.3. The number of nitrogens with one attached hydrogen (secondary N) is 1. The predicted octanol–water partition coefficient (Wildman–Crippen LogP) is 3.44.